The molecule has 0 unspecified atom stereocenters. The Labute approximate surface area is 83.4 Å². The van der Waals surface area contributed by atoms with Crippen LogP contribution in [0.4, 0.5) is 13.2 Å². The van der Waals surface area contributed by atoms with Crippen LogP contribution >= 0.6 is 11.6 Å². The maximum Gasteiger partial charge on any atom is 0.433 e. The van der Waals surface area contributed by atoms with Crippen molar-refractivity contribution in [3.8, 4) is 0 Å². The zero-order chi connectivity index (χ0) is 10.8. The molecule has 0 aromatic carbocycles. The minimum Gasteiger partial charge on any atom is -0.231 e. The summed E-state index contributed by atoms with van der Waals surface area (Å²) in [6.07, 6.45) is -2.41. The van der Waals surface area contributed by atoms with Gasteiger partial charge in [0, 0.05) is 5.56 Å². The van der Waals surface area contributed by atoms with Gasteiger partial charge in [-0.25, -0.2) is 9.97 Å². The first kappa shape index (κ1) is 11.0. The second-order valence-corrected chi connectivity index (χ2v) is 2.84. The molecule has 0 aliphatic carbocycles. The Morgan fingerprint density at radius 2 is 2.07 bits per heavy atom. The molecule has 0 fully saturated rings. The third-order valence-corrected chi connectivity index (χ3v) is 1.84. The SMILES string of the molecule is C=CCc1c(Cl)ncnc1C(F)(F)F. The predicted molar refractivity (Wildman–Crippen MR) is 45.9 cm³/mol. The third-order valence-electron chi connectivity index (χ3n) is 1.51. The van der Waals surface area contributed by atoms with E-state index < -0.39 is 11.9 Å². The number of rotatable bonds is 2. The quantitative estimate of drug-likeness (QED) is 0.568. The average Bonchev–Trinajstić information content (AvgIpc) is 2.07. The zero-order valence-corrected chi connectivity index (χ0v) is 7.73. The molecule has 0 saturated carbocycles. The molecule has 0 saturated heterocycles. The highest BCUT2D eigenvalue weighted by molar-refractivity contribution is 6.30. The molecule has 1 aromatic heterocycles. The van der Waals surface area contributed by atoms with Crippen molar-refractivity contribution in [1.82, 2.24) is 9.97 Å². The highest BCUT2D eigenvalue weighted by Gasteiger charge is 2.36. The van der Waals surface area contributed by atoms with Crippen molar-refractivity contribution in [3.63, 3.8) is 0 Å². The van der Waals surface area contributed by atoms with E-state index in [1.165, 1.54) is 6.08 Å². The van der Waals surface area contributed by atoms with Gasteiger partial charge < -0.3 is 0 Å². The van der Waals surface area contributed by atoms with Crippen molar-refractivity contribution in [1.29, 1.82) is 0 Å². The first-order chi connectivity index (χ1) is 6.46. The Morgan fingerprint density at radius 3 is 2.57 bits per heavy atom. The molecule has 6 heteroatoms. The van der Waals surface area contributed by atoms with Gasteiger partial charge in [-0.15, -0.1) is 6.58 Å². The summed E-state index contributed by atoms with van der Waals surface area (Å²) >= 11 is 5.52. The van der Waals surface area contributed by atoms with Crippen LogP contribution in [0.1, 0.15) is 11.3 Å². The van der Waals surface area contributed by atoms with Gasteiger partial charge in [-0.05, 0) is 6.42 Å². The molecule has 2 nitrogen and oxygen atoms in total. The van der Waals surface area contributed by atoms with E-state index in [4.69, 9.17) is 11.6 Å². The highest BCUT2D eigenvalue weighted by Crippen LogP contribution is 2.32. The van der Waals surface area contributed by atoms with Gasteiger partial charge in [-0.1, -0.05) is 17.7 Å². The summed E-state index contributed by atoms with van der Waals surface area (Å²) in [5.41, 5.74) is -1.14. The molecule has 1 rings (SSSR count). The van der Waals surface area contributed by atoms with Crippen LogP contribution in [0.3, 0.4) is 0 Å². The average molecular weight is 223 g/mol. The third kappa shape index (κ3) is 2.23. The molecule has 0 aliphatic heterocycles. The Bertz CT molecular complexity index is 349. The maximum absolute atomic E-state index is 12.4. The molecule has 0 atom stereocenters. The van der Waals surface area contributed by atoms with E-state index >= 15 is 0 Å². The minimum atomic E-state index is -4.51. The number of halogens is 4. The number of aromatic nitrogens is 2. The molecule has 0 N–H and O–H groups in total. The van der Waals surface area contributed by atoms with Gasteiger partial charge in [0.15, 0.2) is 5.69 Å². The van der Waals surface area contributed by atoms with Crippen molar-refractivity contribution in [3.05, 3.63) is 35.4 Å². The predicted octanol–water partition coefficient (Wildman–Crippen LogP) is 2.88. The summed E-state index contributed by atoms with van der Waals surface area (Å²) in [5.74, 6) is 0. The van der Waals surface area contributed by atoms with Crippen LogP contribution in [-0.2, 0) is 12.6 Å². The molecule has 0 spiro atoms. The van der Waals surface area contributed by atoms with Crippen molar-refractivity contribution in [2.75, 3.05) is 0 Å². The van der Waals surface area contributed by atoms with Crippen molar-refractivity contribution in [2.24, 2.45) is 0 Å². The first-order valence-electron chi connectivity index (χ1n) is 3.64. The van der Waals surface area contributed by atoms with Crippen LogP contribution in [0.25, 0.3) is 0 Å². The van der Waals surface area contributed by atoms with Gasteiger partial charge in [0.1, 0.15) is 11.5 Å². The number of hydrogen-bond acceptors (Lipinski definition) is 2. The molecule has 76 valence electrons. The second kappa shape index (κ2) is 3.96. The fourth-order valence-corrected chi connectivity index (χ4v) is 1.17. The normalized spacial score (nSPS) is 11.4. The van der Waals surface area contributed by atoms with Crippen LogP contribution in [0.15, 0.2) is 19.0 Å². The van der Waals surface area contributed by atoms with Crippen LogP contribution in [-0.4, -0.2) is 9.97 Å². The van der Waals surface area contributed by atoms with Crippen LogP contribution in [0, 0.1) is 0 Å². The van der Waals surface area contributed by atoms with Gasteiger partial charge in [0.05, 0.1) is 0 Å². The summed E-state index contributed by atoms with van der Waals surface area (Å²) < 4.78 is 37.1. The van der Waals surface area contributed by atoms with E-state index in [1.807, 2.05) is 0 Å². The smallest absolute Gasteiger partial charge is 0.231 e. The summed E-state index contributed by atoms with van der Waals surface area (Å²) in [6.45, 7) is 3.34. The molecular formula is C8H6ClF3N2. The molecule has 1 aromatic rings. The van der Waals surface area contributed by atoms with Gasteiger partial charge in [0.25, 0.3) is 0 Å². The van der Waals surface area contributed by atoms with E-state index in [0.29, 0.717) is 0 Å². The molecular weight excluding hydrogens is 217 g/mol. The Kier molecular flexibility index (Phi) is 3.10. The lowest BCUT2D eigenvalue weighted by atomic mass is 10.1. The summed E-state index contributed by atoms with van der Waals surface area (Å²) in [5, 5.41) is -0.188. The number of hydrogen-bond donors (Lipinski definition) is 0. The van der Waals surface area contributed by atoms with E-state index in [0.717, 1.165) is 6.33 Å². The molecule has 1 heterocycles. The van der Waals surface area contributed by atoms with Gasteiger partial charge >= 0.3 is 6.18 Å². The molecule has 0 radical (unpaired) electrons. The van der Waals surface area contributed by atoms with Crippen LogP contribution in [0.5, 0.6) is 0 Å². The Balaban J connectivity index is 3.28. The van der Waals surface area contributed by atoms with Crippen LogP contribution in [0.2, 0.25) is 5.15 Å². The second-order valence-electron chi connectivity index (χ2n) is 2.48. The van der Waals surface area contributed by atoms with Crippen molar-refractivity contribution in [2.45, 2.75) is 12.6 Å². The van der Waals surface area contributed by atoms with Gasteiger partial charge in [-0.3, -0.25) is 0 Å². The number of allylic oxidation sites excluding steroid dienone is 1. The number of alkyl halides is 3. The van der Waals surface area contributed by atoms with E-state index in [-0.39, 0.29) is 17.1 Å². The van der Waals surface area contributed by atoms with E-state index in [1.54, 1.807) is 0 Å². The van der Waals surface area contributed by atoms with E-state index in [2.05, 4.69) is 16.5 Å². The lowest BCUT2D eigenvalue weighted by molar-refractivity contribution is -0.141. The lowest BCUT2D eigenvalue weighted by Gasteiger charge is -2.10. The fraction of sp³-hybridized carbons (Fsp3) is 0.250. The Hall–Kier alpha value is -1.10. The molecule has 0 amide bonds. The van der Waals surface area contributed by atoms with Gasteiger partial charge in [0.2, 0.25) is 0 Å². The first-order valence-corrected chi connectivity index (χ1v) is 4.02. The standard InChI is InChI=1S/C8H6ClF3N2/c1-2-3-5-6(8(10,11)12)13-4-14-7(5)9/h2,4H,1,3H2. The number of nitrogens with zero attached hydrogens (tertiary/aromatic N) is 2. The molecule has 0 bridgehead atoms. The summed E-state index contributed by atoms with van der Waals surface area (Å²) in [6, 6.07) is 0. The van der Waals surface area contributed by atoms with Crippen molar-refractivity contribution < 1.29 is 13.2 Å². The molecule has 0 aliphatic rings. The molecule has 14 heavy (non-hydrogen) atoms. The van der Waals surface area contributed by atoms with Gasteiger partial charge in [-0.2, -0.15) is 13.2 Å². The van der Waals surface area contributed by atoms with Crippen molar-refractivity contribution >= 4 is 11.6 Å². The summed E-state index contributed by atoms with van der Waals surface area (Å²) in [7, 11) is 0. The van der Waals surface area contributed by atoms with E-state index in [9.17, 15) is 13.2 Å². The maximum atomic E-state index is 12.4. The fourth-order valence-electron chi connectivity index (χ4n) is 0.960. The topological polar surface area (TPSA) is 25.8 Å². The van der Waals surface area contributed by atoms with Crippen LogP contribution < -0.4 is 0 Å². The largest absolute Gasteiger partial charge is 0.433 e. The Morgan fingerprint density at radius 1 is 1.43 bits per heavy atom. The minimum absolute atomic E-state index is 0.00544. The lowest BCUT2D eigenvalue weighted by Crippen LogP contribution is -2.12. The monoisotopic (exact) mass is 222 g/mol. The highest BCUT2D eigenvalue weighted by atomic mass is 35.5. The summed E-state index contributed by atoms with van der Waals surface area (Å²) in [4.78, 5) is 6.64. The zero-order valence-electron chi connectivity index (χ0n) is 6.98.